The van der Waals surface area contributed by atoms with Crippen molar-refractivity contribution in [1.29, 1.82) is 0 Å². The number of H-pyrrole nitrogens is 1. The summed E-state index contributed by atoms with van der Waals surface area (Å²) in [5, 5.41) is 8.22. The maximum Gasteiger partial charge on any atom is 0.255 e. The molecule has 2 aliphatic carbocycles. The van der Waals surface area contributed by atoms with Crippen molar-refractivity contribution in [2.45, 2.75) is 57.2 Å². The van der Waals surface area contributed by atoms with E-state index in [1.54, 1.807) is 0 Å². The number of alkyl halides is 1. The van der Waals surface area contributed by atoms with E-state index in [2.05, 4.69) is 15.1 Å². The van der Waals surface area contributed by atoms with E-state index < -0.39 is 0 Å². The maximum atomic E-state index is 13.6. The number of benzene rings is 1. The van der Waals surface area contributed by atoms with E-state index in [0.29, 0.717) is 19.0 Å². The minimum absolute atomic E-state index is 0.133. The van der Waals surface area contributed by atoms with Gasteiger partial charge in [-0.3, -0.25) is 14.3 Å². The van der Waals surface area contributed by atoms with Crippen LogP contribution in [-0.4, -0.2) is 44.3 Å². The fraction of sp³-hybridized carbons (Fsp3) is 0.455. The number of aryl methyl sites for hydroxylation is 2. The van der Waals surface area contributed by atoms with E-state index in [1.165, 1.54) is 11.3 Å². The average Bonchev–Trinajstić information content (AvgIpc) is 3.28. The highest BCUT2D eigenvalue weighted by molar-refractivity contribution is 6.07. The molecule has 1 N–H and O–H groups in total. The zero-order valence-electron chi connectivity index (χ0n) is 15.9. The molecule has 5 nitrogen and oxygen atoms in total. The largest absolute Gasteiger partial charge is 0.347 e. The Morgan fingerprint density at radius 2 is 2.14 bits per heavy atom. The lowest BCUT2D eigenvalue weighted by Gasteiger charge is -2.34. The van der Waals surface area contributed by atoms with E-state index in [4.69, 9.17) is 0 Å². The van der Waals surface area contributed by atoms with Gasteiger partial charge in [-0.25, -0.2) is 0 Å². The van der Waals surface area contributed by atoms with E-state index in [-0.39, 0.29) is 18.6 Å². The first kappa shape index (κ1) is 17.5. The number of hydrogen-bond donors (Lipinski definition) is 1. The van der Waals surface area contributed by atoms with Crippen LogP contribution >= 0.6 is 0 Å². The molecule has 28 heavy (non-hydrogen) atoms. The second-order valence-electron chi connectivity index (χ2n) is 8.00. The van der Waals surface area contributed by atoms with Crippen molar-refractivity contribution in [3.8, 4) is 0 Å². The van der Waals surface area contributed by atoms with Crippen LogP contribution in [0.2, 0.25) is 0 Å². The van der Waals surface area contributed by atoms with E-state index >= 15 is 0 Å². The van der Waals surface area contributed by atoms with Gasteiger partial charge in [-0.2, -0.15) is 5.10 Å². The minimum atomic E-state index is -0.328. The number of aromatic nitrogens is 3. The monoisotopic (exact) mass is 380 g/mol. The molecular weight excluding hydrogens is 355 g/mol. The summed E-state index contributed by atoms with van der Waals surface area (Å²) in [6, 6.07) is 8.49. The smallest absolute Gasteiger partial charge is 0.255 e. The summed E-state index contributed by atoms with van der Waals surface area (Å²) in [6.45, 7) is 0.307. The third kappa shape index (κ3) is 3.01. The summed E-state index contributed by atoms with van der Waals surface area (Å²) in [5.74, 6) is 0.133. The van der Waals surface area contributed by atoms with Crippen molar-refractivity contribution in [3.63, 3.8) is 0 Å². The number of amides is 1. The summed E-state index contributed by atoms with van der Waals surface area (Å²) >= 11 is 0. The van der Waals surface area contributed by atoms with Gasteiger partial charge in [0.05, 0.1) is 12.9 Å². The van der Waals surface area contributed by atoms with Gasteiger partial charge in [0, 0.05) is 47.0 Å². The number of hydrogen-bond acceptors (Lipinski definition) is 2. The first-order chi connectivity index (χ1) is 13.8. The molecule has 3 aromatic rings. The van der Waals surface area contributed by atoms with Crippen molar-refractivity contribution >= 4 is 16.8 Å². The summed E-state index contributed by atoms with van der Waals surface area (Å²) in [6.07, 6.45) is 9.35. The van der Waals surface area contributed by atoms with Crippen LogP contribution in [0.4, 0.5) is 4.39 Å². The Bertz CT molecular complexity index is 1000. The van der Waals surface area contributed by atoms with Crippen LogP contribution in [-0.2, 0) is 19.4 Å². The van der Waals surface area contributed by atoms with Crippen LogP contribution in [0.1, 0.15) is 47.3 Å². The standard InChI is InChI=1S/C22H25FN4O/c23-10-2-11-26-12-9-18-19(3-1-4-21(18)26)22(28)27(16-5-6-16)17-7-8-20-15(13-17)14-24-25-20/h1,3-4,9,12,14,16-17H,2,5-8,10-11,13H2,(H,24,25). The van der Waals surface area contributed by atoms with Gasteiger partial charge in [-0.05, 0) is 62.3 Å². The van der Waals surface area contributed by atoms with Crippen molar-refractivity contribution < 1.29 is 9.18 Å². The van der Waals surface area contributed by atoms with Crippen LogP contribution in [0.5, 0.6) is 0 Å². The predicted molar refractivity (Wildman–Crippen MR) is 106 cm³/mol. The molecule has 0 saturated heterocycles. The SMILES string of the molecule is O=C(c1cccc2c1ccn2CCCF)N(C1CC1)C1CCc2[nH]ncc2C1. The minimum Gasteiger partial charge on any atom is -0.347 e. The van der Waals surface area contributed by atoms with Crippen LogP contribution in [0.15, 0.2) is 36.7 Å². The quantitative estimate of drug-likeness (QED) is 0.705. The van der Waals surface area contributed by atoms with Crippen molar-refractivity contribution in [2.75, 3.05) is 6.67 Å². The van der Waals surface area contributed by atoms with Gasteiger partial charge >= 0.3 is 0 Å². The summed E-state index contributed by atoms with van der Waals surface area (Å²) in [5.41, 5.74) is 4.23. The molecule has 0 bridgehead atoms. The van der Waals surface area contributed by atoms with Crippen molar-refractivity contribution in [3.05, 3.63) is 53.5 Å². The van der Waals surface area contributed by atoms with Gasteiger partial charge in [0.15, 0.2) is 0 Å². The molecule has 2 heterocycles. The van der Waals surface area contributed by atoms with Crippen molar-refractivity contribution in [2.24, 2.45) is 0 Å². The van der Waals surface area contributed by atoms with Gasteiger partial charge in [0.2, 0.25) is 0 Å². The highest BCUT2D eigenvalue weighted by atomic mass is 19.1. The third-order valence-electron chi connectivity index (χ3n) is 6.14. The molecule has 1 atom stereocenters. The lowest BCUT2D eigenvalue weighted by molar-refractivity contribution is 0.0645. The highest BCUT2D eigenvalue weighted by Gasteiger charge is 2.39. The number of carbonyl (C=O) groups is 1. The number of nitrogens with zero attached hydrogens (tertiary/aromatic N) is 3. The van der Waals surface area contributed by atoms with Crippen LogP contribution in [0.3, 0.4) is 0 Å². The van der Waals surface area contributed by atoms with Crippen LogP contribution < -0.4 is 0 Å². The molecule has 0 radical (unpaired) electrons. The lowest BCUT2D eigenvalue weighted by Crippen LogP contribution is -2.44. The Morgan fingerprint density at radius 1 is 1.25 bits per heavy atom. The molecule has 1 aromatic carbocycles. The molecule has 2 aromatic heterocycles. The molecule has 6 heteroatoms. The third-order valence-corrected chi connectivity index (χ3v) is 6.14. The topological polar surface area (TPSA) is 53.9 Å². The zero-order valence-corrected chi connectivity index (χ0v) is 15.9. The first-order valence-electron chi connectivity index (χ1n) is 10.2. The fourth-order valence-corrected chi connectivity index (χ4v) is 4.59. The van der Waals surface area contributed by atoms with Gasteiger partial charge in [-0.15, -0.1) is 0 Å². The summed E-state index contributed by atoms with van der Waals surface area (Å²) < 4.78 is 14.6. The molecule has 0 aliphatic heterocycles. The Hall–Kier alpha value is -2.63. The summed E-state index contributed by atoms with van der Waals surface area (Å²) in [7, 11) is 0. The van der Waals surface area contributed by atoms with E-state index in [9.17, 15) is 9.18 Å². The lowest BCUT2D eigenvalue weighted by atomic mass is 9.91. The second kappa shape index (κ2) is 7.08. The highest BCUT2D eigenvalue weighted by Crippen LogP contribution is 2.35. The van der Waals surface area contributed by atoms with Crippen LogP contribution in [0.25, 0.3) is 10.9 Å². The number of fused-ring (bicyclic) bond motifs is 2. The van der Waals surface area contributed by atoms with E-state index in [1.807, 2.05) is 41.2 Å². The second-order valence-corrected chi connectivity index (χ2v) is 8.00. The molecule has 1 unspecified atom stereocenters. The van der Waals surface area contributed by atoms with Gasteiger partial charge < -0.3 is 9.47 Å². The first-order valence-corrected chi connectivity index (χ1v) is 10.2. The molecular formula is C22H25FN4O. The molecule has 1 saturated carbocycles. The number of rotatable bonds is 6. The molecule has 0 spiro atoms. The molecule has 2 aliphatic rings. The summed E-state index contributed by atoms with van der Waals surface area (Å²) in [4.78, 5) is 15.8. The molecule has 1 amide bonds. The van der Waals surface area contributed by atoms with Crippen molar-refractivity contribution in [1.82, 2.24) is 19.7 Å². The predicted octanol–water partition coefficient (Wildman–Crippen LogP) is 3.89. The van der Waals surface area contributed by atoms with Crippen LogP contribution in [0, 0.1) is 0 Å². The average molecular weight is 380 g/mol. The maximum absolute atomic E-state index is 13.6. The van der Waals surface area contributed by atoms with Gasteiger partial charge in [-0.1, -0.05) is 6.07 Å². The van der Waals surface area contributed by atoms with Gasteiger partial charge in [0.1, 0.15) is 0 Å². The fourth-order valence-electron chi connectivity index (χ4n) is 4.59. The molecule has 1 fully saturated rings. The molecule has 5 rings (SSSR count). The molecule has 146 valence electrons. The normalized spacial score (nSPS) is 19.0. The Balaban J connectivity index is 1.46. The zero-order chi connectivity index (χ0) is 19.1. The van der Waals surface area contributed by atoms with Gasteiger partial charge in [0.25, 0.3) is 5.91 Å². The number of halogens is 1. The van der Waals surface area contributed by atoms with E-state index in [0.717, 1.165) is 48.6 Å². The Kier molecular flexibility index (Phi) is 4.41. The number of carbonyl (C=O) groups excluding carboxylic acids is 1. The number of aromatic amines is 1. The number of nitrogens with one attached hydrogen (secondary N) is 1. The Labute approximate surface area is 163 Å². The Morgan fingerprint density at radius 3 is 2.96 bits per heavy atom.